The van der Waals surface area contributed by atoms with Gasteiger partial charge in [-0.25, -0.2) is 0 Å². The number of benzene rings is 2. The van der Waals surface area contributed by atoms with Crippen molar-refractivity contribution in [3.63, 3.8) is 0 Å². The lowest BCUT2D eigenvalue weighted by atomic mass is 9.55. The molecule has 5 rings (SSSR count). The Kier molecular flexibility index (Phi) is 8.18. The Morgan fingerprint density at radius 3 is 2.57 bits per heavy atom. The predicted molar refractivity (Wildman–Crippen MR) is 145 cm³/mol. The fourth-order valence-corrected chi connectivity index (χ4v) is 7.72. The van der Waals surface area contributed by atoms with Crippen molar-refractivity contribution in [3.05, 3.63) is 65.2 Å². The van der Waals surface area contributed by atoms with Crippen molar-refractivity contribution in [1.82, 2.24) is 0 Å². The van der Waals surface area contributed by atoms with E-state index in [0.717, 1.165) is 30.1 Å². The molecule has 2 aromatic carbocycles. The van der Waals surface area contributed by atoms with Gasteiger partial charge in [-0.2, -0.15) is 0 Å². The van der Waals surface area contributed by atoms with Gasteiger partial charge in [0.15, 0.2) is 0 Å². The average Bonchev–Trinajstić information content (AvgIpc) is 3.23. The molecular weight excluding hydrogens is 428 g/mol. The van der Waals surface area contributed by atoms with E-state index in [9.17, 15) is 0 Å². The second-order valence-electron chi connectivity index (χ2n) is 11.8. The third-order valence-electron chi connectivity index (χ3n) is 9.68. The highest BCUT2D eigenvalue weighted by molar-refractivity contribution is 5.41. The van der Waals surface area contributed by atoms with Crippen LogP contribution >= 0.6 is 0 Å². The van der Waals surface area contributed by atoms with Gasteiger partial charge in [-0.05, 0) is 96.9 Å². The van der Waals surface area contributed by atoms with Gasteiger partial charge in [0.2, 0.25) is 0 Å². The van der Waals surface area contributed by atoms with E-state index in [4.69, 9.17) is 9.47 Å². The zero-order valence-electron chi connectivity index (χ0n) is 22.1. The summed E-state index contributed by atoms with van der Waals surface area (Å²) >= 11 is 0. The van der Waals surface area contributed by atoms with E-state index in [0.29, 0.717) is 18.1 Å². The molecule has 2 aromatic rings. The molecule has 0 N–H and O–H groups in total. The fraction of sp³-hybridized carbons (Fsp3) is 0.636. The number of hydrogen-bond donors (Lipinski definition) is 0. The summed E-state index contributed by atoms with van der Waals surface area (Å²) < 4.78 is 12.7. The zero-order valence-corrected chi connectivity index (χ0v) is 22.1. The minimum absolute atomic E-state index is 0.389. The molecule has 35 heavy (non-hydrogen) atoms. The van der Waals surface area contributed by atoms with Crippen LogP contribution in [0.1, 0.15) is 107 Å². The second kappa shape index (κ2) is 11.5. The van der Waals surface area contributed by atoms with Crippen LogP contribution in [0.4, 0.5) is 0 Å². The molecule has 3 aliphatic carbocycles. The van der Waals surface area contributed by atoms with Crippen LogP contribution in [0.15, 0.2) is 48.5 Å². The molecular formula is C33H46O2. The number of aryl methyl sites for hydroxylation is 1. The van der Waals surface area contributed by atoms with Crippen molar-refractivity contribution in [2.24, 2.45) is 17.3 Å². The van der Waals surface area contributed by atoms with Gasteiger partial charge >= 0.3 is 0 Å². The minimum atomic E-state index is 0.389. The summed E-state index contributed by atoms with van der Waals surface area (Å²) in [5, 5.41) is 0. The molecule has 190 valence electrons. The van der Waals surface area contributed by atoms with E-state index < -0.39 is 0 Å². The van der Waals surface area contributed by atoms with Crippen LogP contribution < -0.4 is 4.74 Å². The summed E-state index contributed by atoms with van der Waals surface area (Å²) in [6.07, 6.45) is 16.4. The molecule has 0 unspecified atom stereocenters. The summed E-state index contributed by atoms with van der Waals surface area (Å²) in [7, 11) is 0. The van der Waals surface area contributed by atoms with Gasteiger partial charge in [0.05, 0.1) is 6.10 Å². The lowest BCUT2D eigenvalue weighted by Crippen LogP contribution is -2.44. The molecule has 0 saturated heterocycles. The van der Waals surface area contributed by atoms with E-state index in [1.54, 1.807) is 5.56 Å². The maximum Gasteiger partial charge on any atom is 0.120 e. The number of ether oxygens (including phenoxy) is 2. The first-order chi connectivity index (χ1) is 17.2. The van der Waals surface area contributed by atoms with Gasteiger partial charge in [0, 0.05) is 6.61 Å². The summed E-state index contributed by atoms with van der Waals surface area (Å²) in [6, 6.07) is 17.4. The maximum atomic E-state index is 6.59. The Morgan fingerprint density at radius 1 is 0.886 bits per heavy atom. The van der Waals surface area contributed by atoms with E-state index in [2.05, 4.69) is 62.4 Å². The lowest BCUT2D eigenvalue weighted by molar-refractivity contribution is -0.0647. The van der Waals surface area contributed by atoms with Gasteiger partial charge < -0.3 is 9.47 Å². The summed E-state index contributed by atoms with van der Waals surface area (Å²) in [6.45, 7) is 6.48. The molecule has 0 spiro atoms. The fourth-order valence-electron chi connectivity index (χ4n) is 7.72. The Hall–Kier alpha value is -1.80. The molecule has 0 bridgehead atoms. The molecule has 0 radical (unpaired) electrons. The molecule has 3 aliphatic rings. The molecule has 5 atom stereocenters. The van der Waals surface area contributed by atoms with Gasteiger partial charge in [-0.1, -0.05) is 82.3 Å². The third-order valence-corrected chi connectivity index (χ3v) is 9.68. The van der Waals surface area contributed by atoms with Crippen LogP contribution in [0.25, 0.3) is 0 Å². The average molecular weight is 475 g/mol. The third kappa shape index (κ3) is 5.48. The monoisotopic (exact) mass is 474 g/mol. The number of rotatable bonds is 11. The molecule has 2 nitrogen and oxygen atoms in total. The quantitative estimate of drug-likeness (QED) is 0.303. The highest BCUT2D eigenvalue weighted by Crippen LogP contribution is 2.61. The highest BCUT2D eigenvalue weighted by Gasteiger charge is 2.55. The van der Waals surface area contributed by atoms with Gasteiger partial charge in [-0.3, -0.25) is 0 Å². The van der Waals surface area contributed by atoms with E-state index in [-0.39, 0.29) is 0 Å². The molecule has 0 amide bonds. The standard InChI is InChI=1S/C33H46O2/c1-3-4-5-6-7-11-22-34-32-19-18-31-30-16-14-26-23-27(35-24-25-12-9-8-10-13-25)15-17-28(26)29(30)20-21-33(31,32)2/h8-10,12-13,15,17,23,29-32H,3-7,11,14,16,18-22,24H2,1-2H3/t29-,30-,31+,32+,33+/m1/s1. The van der Waals surface area contributed by atoms with Crippen molar-refractivity contribution in [2.45, 2.75) is 110 Å². The Labute approximate surface area is 213 Å². The first-order valence-electron chi connectivity index (χ1n) is 14.6. The lowest BCUT2D eigenvalue weighted by Gasteiger charge is -2.50. The van der Waals surface area contributed by atoms with Gasteiger partial charge in [0.1, 0.15) is 12.4 Å². The van der Waals surface area contributed by atoms with Crippen LogP contribution in [0, 0.1) is 17.3 Å². The first-order valence-corrected chi connectivity index (χ1v) is 14.6. The highest BCUT2D eigenvalue weighted by atomic mass is 16.5. The summed E-state index contributed by atoms with van der Waals surface area (Å²) in [5.41, 5.74) is 4.77. The van der Waals surface area contributed by atoms with Crippen molar-refractivity contribution < 1.29 is 9.47 Å². The molecule has 2 fully saturated rings. The minimum Gasteiger partial charge on any atom is -0.489 e. The molecule has 0 aliphatic heterocycles. The normalized spacial score (nSPS) is 29.3. The van der Waals surface area contributed by atoms with Crippen molar-refractivity contribution in [2.75, 3.05) is 6.61 Å². The van der Waals surface area contributed by atoms with Crippen molar-refractivity contribution >= 4 is 0 Å². The van der Waals surface area contributed by atoms with Crippen LogP contribution in [0.3, 0.4) is 0 Å². The Bertz CT molecular complexity index is 937. The Morgan fingerprint density at radius 2 is 1.71 bits per heavy atom. The number of hydrogen-bond acceptors (Lipinski definition) is 2. The van der Waals surface area contributed by atoms with Gasteiger partial charge in [-0.15, -0.1) is 0 Å². The number of unbranched alkanes of at least 4 members (excludes halogenated alkanes) is 5. The smallest absolute Gasteiger partial charge is 0.120 e. The van der Waals surface area contributed by atoms with E-state index >= 15 is 0 Å². The molecule has 2 heteroatoms. The second-order valence-corrected chi connectivity index (χ2v) is 11.8. The van der Waals surface area contributed by atoms with Crippen molar-refractivity contribution in [1.29, 1.82) is 0 Å². The van der Waals surface area contributed by atoms with E-state index in [1.807, 2.05) is 0 Å². The number of fused-ring (bicyclic) bond motifs is 5. The van der Waals surface area contributed by atoms with Crippen LogP contribution in [-0.2, 0) is 17.8 Å². The van der Waals surface area contributed by atoms with E-state index in [1.165, 1.54) is 88.2 Å². The molecule has 0 aromatic heterocycles. The largest absolute Gasteiger partial charge is 0.489 e. The van der Waals surface area contributed by atoms with Crippen LogP contribution in [0.5, 0.6) is 5.75 Å². The predicted octanol–water partition coefficient (Wildman–Crippen LogP) is 8.87. The topological polar surface area (TPSA) is 18.5 Å². The zero-order chi connectivity index (χ0) is 24.1. The molecule has 2 saturated carbocycles. The van der Waals surface area contributed by atoms with Gasteiger partial charge in [0.25, 0.3) is 0 Å². The van der Waals surface area contributed by atoms with Crippen LogP contribution in [-0.4, -0.2) is 12.7 Å². The first kappa shape index (κ1) is 24.9. The summed E-state index contributed by atoms with van der Waals surface area (Å²) in [4.78, 5) is 0. The van der Waals surface area contributed by atoms with Crippen molar-refractivity contribution in [3.8, 4) is 5.75 Å². The maximum absolute atomic E-state index is 6.59. The van der Waals surface area contributed by atoms with Crippen LogP contribution in [0.2, 0.25) is 0 Å². The molecule has 0 heterocycles. The SMILES string of the molecule is CCCCCCCCO[C@H]1CC[C@H]2[C@@H]3CCc4cc(OCc5ccccc5)ccc4[C@H]3CC[C@]12C. The summed E-state index contributed by atoms with van der Waals surface area (Å²) in [5.74, 6) is 3.42. The Balaban J connectivity index is 1.17.